The van der Waals surface area contributed by atoms with E-state index >= 15 is 0 Å². The van der Waals surface area contributed by atoms with Crippen molar-refractivity contribution in [3.63, 3.8) is 0 Å². The van der Waals surface area contributed by atoms with Crippen LogP contribution in [-0.4, -0.2) is 56.7 Å². The predicted molar refractivity (Wildman–Crippen MR) is 77.0 cm³/mol. The van der Waals surface area contributed by atoms with Crippen molar-refractivity contribution < 1.29 is 9.53 Å². The summed E-state index contributed by atoms with van der Waals surface area (Å²) < 4.78 is 4.85. The number of carbonyl (C=O) groups is 1. The van der Waals surface area contributed by atoms with Crippen molar-refractivity contribution >= 4 is 5.91 Å². The summed E-state index contributed by atoms with van der Waals surface area (Å²) in [6, 6.07) is 0.182. The molecule has 1 unspecified atom stereocenters. The van der Waals surface area contributed by atoms with Crippen molar-refractivity contribution in [3.05, 3.63) is 0 Å². The molecule has 1 fully saturated rings. The van der Waals surface area contributed by atoms with Gasteiger partial charge in [0.25, 0.3) is 0 Å². The van der Waals surface area contributed by atoms with Gasteiger partial charge >= 0.3 is 0 Å². The van der Waals surface area contributed by atoms with Gasteiger partial charge in [0, 0.05) is 19.7 Å². The van der Waals surface area contributed by atoms with E-state index in [1.807, 2.05) is 0 Å². The van der Waals surface area contributed by atoms with Crippen LogP contribution in [0.5, 0.6) is 0 Å². The quantitative estimate of drug-likeness (QED) is 0.639. The maximum Gasteiger partial charge on any atom is 0.239 e. The summed E-state index contributed by atoms with van der Waals surface area (Å²) in [5, 5.41) is 2.85. The Morgan fingerprint density at radius 1 is 1.42 bits per heavy atom. The van der Waals surface area contributed by atoms with Crippen LogP contribution in [0.2, 0.25) is 0 Å². The summed E-state index contributed by atoms with van der Waals surface area (Å²) in [6.07, 6.45) is 7.72. The molecule has 0 bridgehead atoms. The monoisotopic (exact) mass is 271 g/mol. The van der Waals surface area contributed by atoms with Gasteiger partial charge in [-0.15, -0.1) is 0 Å². The number of carbonyl (C=O) groups excluding carboxylic acids is 1. The Kier molecular flexibility index (Phi) is 8.02. The van der Waals surface area contributed by atoms with Gasteiger partial charge in [-0.25, -0.2) is 0 Å². The van der Waals surface area contributed by atoms with Crippen LogP contribution >= 0.6 is 0 Å². The van der Waals surface area contributed by atoms with E-state index in [0.29, 0.717) is 6.54 Å². The molecule has 5 nitrogen and oxygen atoms in total. The van der Waals surface area contributed by atoms with Gasteiger partial charge in [0.15, 0.2) is 0 Å². The summed E-state index contributed by atoms with van der Waals surface area (Å²) in [5.41, 5.74) is 5.64. The molecule has 1 saturated carbocycles. The highest BCUT2D eigenvalue weighted by molar-refractivity contribution is 5.81. The Morgan fingerprint density at radius 2 is 2.11 bits per heavy atom. The lowest BCUT2D eigenvalue weighted by atomic mass is 9.94. The molecule has 5 heteroatoms. The SMILES string of the molecule is COCC(N)C(=O)NCCCN(C)C1CCCCC1. The van der Waals surface area contributed by atoms with Crippen LogP contribution in [0, 0.1) is 0 Å². The zero-order valence-corrected chi connectivity index (χ0v) is 12.4. The molecular formula is C14H29N3O2. The lowest BCUT2D eigenvalue weighted by Crippen LogP contribution is -2.44. The smallest absolute Gasteiger partial charge is 0.239 e. The first-order chi connectivity index (χ1) is 9.15. The molecule has 0 aromatic carbocycles. The van der Waals surface area contributed by atoms with Crippen molar-refractivity contribution in [3.8, 4) is 0 Å². The Morgan fingerprint density at radius 3 is 2.74 bits per heavy atom. The van der Waals surface area contributed by atoms with E-state index in [9.17, 15) is 4.79 Å². The van der Waals surface area contributed by atoms with Crippen LogP contribution in [0.3, 0.4) is 0 Å². The summed E-state index contributed by atoms with van der Waals surface area (Å²) in [4.78, 5) is 14.0. The van der Waals surface area contributed by atoms with Gasteiger partial charge in [0.2, 0.25) is 5.91 Å². The molecule has 0 aliphatic heterocycles. The van der Waals surface area contributed by atoms with Crippen LogP contribution in [0.4, 0.5) is 0 Å². The van der Waals surface area contributed by atoms with E-state index in [1.54, 1.807) is 7.11 Å². The van der Waals surface area contributed by atoms with Gasteiger partial charge < -0.3 is 20.7 Å². The Labute approximate surface area is 116 Å². The summed E-state index contributed by atoms with van der Waals surface area (Å²) >= 11 is 0. The zero-order chi connectivity index (χ0) is 14.1. The maximum absolute atomic E-state index is 11.5. The molecule has 1 atom stereocenters. The third kappa shape index (κ3) is 6.36. The Hall–Kier alpha value is -0.650. The molecule has 0 aromatic rings. The van der Waals surface area contributed by atoms with Crippen LogP contribution in [0.25, 0.3) is 0 Å². The number of nitrogens with one attached hydrogen (secondary N) is 1. The number of hydrogen-bond donors (Lipinski definition) is 2. The summed E-state index contributed by atoms with van der Waals surface area (Å²) in [7, 11) is 3.74. The molecular weight excluding hydrogens is 242 g/mol. The van der Waals surface area contributed by atoms with Gasteiger partial charge in [-0.05, 0) is 32.9 Å². The number of hydrogen-bond acceptors (Lipinski definition) is 4. The minimum atomic E-state index is -0.555. The highest BCUT2D eigenvalue weighted by atomic mass is 16.5. The van der Waals surface area contributed by atoms with Crippen LogP contribution in [0.15, 0.2) is 0 Å². The normalized spacial score (nSPS) is 18.5. The van der Waals surface area contributed by atoms with E-state index in [-0.39, 0.29) is 12.5 Å². The first-order valence-corrected chi connectivity index (χ1v) is 7.37. The average molecular weight is 271 g/mol. The average Bonchev–Trinajstić information content (AvgIpc) is 2.44. The second-order valence-electron chi connectivity index (χ2n) is 5.48. The fourth-order valence-electron chi connectivity index (χ4n) is 2.63. The number of nitrogens with two attached hydrogens (primary N) is 1. The third-order valence-corrected chi connectivity index (χ3v) is 3.87. The molecule has 1 aliphatic rings. The Balaban J connectivity index is 2.07. The molecule has 1 rings (SSSR count). The lowest BCUT2D eigenvalue weighted by Gasteiger charge is -2.31. The third-order valence-electron chi connectivity index (χ3n) is 3.87. The van der Waals surface area contributed by atoms with Gasteiger partial charge in [-0.3, -0.25) is 4.79 Å². The highest BCUT2D eigenvalue weighted by Crippen LogP contribution is 2.21. The van der Waals surface area contributed by atoms with E-state index in [2.05, 4.69) is 17.3 Å². The molecule has 0 spiro atoms. The number of nitrogens with zero attached hydrogens (tertiary/aromatic N) is 1. The molecule has 3 N–H and O–H groups in total. The van der Waals surface area contributed by atoms with Crippen molar-refractivity contribution in [2.45, 2.75) is 50.6 Å². The molecule has 19 heavy (non-hydrogen) atoms. The summed E-state index contributed by atoms with van der Waals surface area (Å²) in [6.45, 7) is 1.99. The van der Waals surface area contributed by atoms with E-state index in [1.165, 1.54) is 32.1 Å². The molecule has 1 aliphatic carbocycles. The van der Waals surface area contributed by atoms with Crippen molar-refractivity contribution in [2.75, 3.05) is 33.9 Å². The number of ether oxygens (including phenoxy) is 1. The van der Waals surface area contributed by atoms with E-state index in [4.69, 9.17) is 10.5 Å². The molecule has 0 saturated heterocycles. The van der Waals surface area contributed by atoms with Crippen molar-refractivity contribution in [2.24, 2.45) is 5.73 Å². The zero-order valence-electron chi connectivity index (χ0n) is 12.4. The van der Waals surface area contributed by atoms with Gasteiger partial charge in [0.1, 0.15) is 6.04 Å². The Bertz CT molecular complexity index is 255. The van der Waals surface area contributed by atoms with Crippen LogP contribution < -0.4 is 11.1 Å². The van der Waals surface area contributed by atoms with Crippen molar-refractivity contribution in [1.29, 1.82) is 0 Å². The van der Waals surface area contributed by atoms with E-state index in [0.717, 1.165) is 19.0 Å². The van der Waals surface area contributed by atoms with Crippen LogP contribution in [-0.2, 0) is 9.53 Å². The van der Waals surface area contributed by atoms with Gasteiger partial charge in [0.05, 0.1) is 6.61 Å². The number of rotatable bonds is 8. The second kappa shape index (κ2) is 9.28. The molecule has 0 heterocycles. The fraction of sp³-hybridized carbons (Fsp3) is 0.929. The van der Waals surface area contributed by atoms with Gasteiger partial charge in [-0.1, -0.05) is 19.3 Å². The summed E-state index contributed by atoms with van der Waals surface area (Å²) in [5.74, 6) is -0.123. The highest BCUT2D eigenvalue weighted by Gasteiger charge is 2.17. The first-order valence-electron chi connectivity index (χ1n) is 7.37. The molecule has 0 radical (unpaired) electrons. The topological polar surface area (TPSA) is 67.6 Å². The van der Waals surface area contributed by atoms with Gasteiger partial charge in [-0.2, -0.15) is 0 Å². The minimum absolute atomic E-state index is 0.123. The molecule has 1 amide bonds. The molecule has 112 valence electrons. The predicted octanol–water partition coefficient (Wildman–Crippen LogP) is 0.731. The first kappa shape index (κ1) is 16.4. The number of methoxy groups -OCH3 is 1. The standard InChI is InChI=1S/C14H29N3O2/c1-17(12-7-4-3-5-8-12)10-6-9-16-14(18)13(15)11-19-2/h12-13H,3-11,15H2,1-2H3,(H,16,18). The number of amides is 1. The minimum Gasteiger partial charge on any atom is -0.383 e. The molecule has 0 aromatic heterocycles. The maximum atomic E-state index is 11.5. The largest absolute Gasteiger partial charge is 0.383 e. The second-order valence-corrected chi connectivity index (χ2v) is 5.48. The van der Waals surface area contributed by atoms with E-state index < -0.39 is 6.04 Å². The van der Waals surface area contributed by atoms with Crippen LogP contribution in [0.1, 0.15) is 38.5 Å². The fourth-order valence-corrected chi connectivity index (χ4v) is 2.63. The van der Waals surface area contributed by atoms with Crippen molar-refractivity contribution in [1.82, 2.24) is 10.2 Å². The lowest BCUT2D eigenvalue weighted by molar-refractivity contribution is -0.123.